The van der Waals surface area contributed by atoms with Crippen LogP contribution in [0.1, 0.15) is 27.7 Å². The molecule has 4 N–H and O–H groups in total. The molecular formula is C20H34Cl2N4. The smallest absolute Gasteiger partial charge is 0.0367 e. The maximum Gasteiger partial charge on any atom is 0.0367 e. The van der Waals surface area contributed by atoms with Gasteiger partial charge < -0.3 is 21.3 Å². The second-order valence-corrected chi connectivity index (χ2v) is 5.53. The minimum Gasteiger partial charge on any atom is -0.399 e. The Hall–Kier alpha value is -1.78. The van der Waals surface area contributed by atoms with Crippen molar-refractivity contribution in [2.45, 2.75) is 27.7 Å². The van der Waals surface area contributed by atoms with Crippen molar-refractivity contribution >= 4 is 47.6 Å². The van der Waals surface area contributed by atoms with Crippen molar-refractivity contribution in [3.63, 3.8) is 0 Å². The van der Waals surface area contributed by atoms with Crippen molar-refractivity contribution in [1.29, 1.82) is 0 Å². The third-order valence-corrected chi connectivity index (χ3v) is 4.04. The highest BCUT2D eigenvalue weighted by atomic mass is 35.5. The van der Waals surface area contributed by atoms with Crippen molar-refractivity contribution in [1.82, 2.24) is 0 Å². The normalized spacial score (nSPS) is 9.08. The molecule has 0 saturated carbocycles. The first-order valence-corrected chi connectivity index (χ1v) is 8.76. The summed E-state index contributed by atoms with van der Waals surface area (Å²) in [6.45, 7) is 12.8. The van der Waals surface area contributed by atoms with Gasteiger partial charge in [0.2, 0.25) is 0 Å². The number of rotatable bonds is 6. The minimum atomic E-state index is 0. The number of hydrogen-bond donors (Lipinski definition) is 2. The van der Waals surface area contributed by atoms with E-state index >= 15 is 0 Å². The van der Waals surface area contributed by atoms with Crippen molar-refractivity contribution < 1.29 is 0 Å². The molecule has 148 valence electrons. The summed E-state index contributed by atoms with van der Waals surface area (Å²) in [5, 5.41) is 0. The third-order valence-electron chi connectivity index (χ3n) is 4.04. The molecule has 0 aliphatic rings. The van der Waals surface area contributed by atoms with E-state index < -0.39 is 0 Å². The molecule has 0 aliphatic heterocycles. The molecule has 0 atom stereocenters. The molecule has 0 fully saturated rings. The van der Waals surface area contributed by atoms with E-state index in [0.717, 1.165) is 37.6 Å². The zero-order valence-corrected chi connectivity index (χ0v) is 17.9. The van der Waals surface area contributed by atoms with Crippen LogP contribution in [0.25, 0.3) is 0 Å². The van der Waals surface area contributed by atoms with E-state index in [0.29, 0.717) is 0 Å². The van der Waals surface area contributed by atoms with Gasteiger partial charge in [-0.2, -0.15) is 0 Å². The van der Waals surface area contributed by atoms with Crippen LogP contribution in [0.3, 0.4) is 0 Å². The van der Waals surface area contributed by atoms with Gasteiger partial charge in [-0.1, -0.05) is 0 Å². The highest BCUT2D eigenvalue weighted by Crippen LogP contribution is 2.16. The van der Waals surface area contributed by atoms with Crippen LogP contribution in [-0.2, 0) is 0 Å². The quantitative estimate of drug-likeness (QED) is 0.664. The number of nitrogens with zero attached hydrogens (tertiary/aromatic N) is 2. The summed E-state index contributed by atoms with van der Waals surface area (Å²) in [7, 11) is 0. The number of nitrogen functional groups attached to an aromatic ring is 2. The van der Waals surface area contributed by atoms with Crippen LogP contribution in [0.2, 0.25) is 0 Å². The van der Waals surface area contributed by atoms with Crippen LogP contribution < -0.4 is 21.3 Å². The molecule has 0 aliphatic carbocycles. The Morgan fingerprint density at radius 3 is 0.962 bits per heavy atom. The average molecular weight is 401 g/mol. The van der Waals surface area contributed by atoms with Gasteiger partial charge in [-0.25, -0.2) is 0 Å². The fourth-order valence-electron chi connectivity index (χ4n) is 2.55. The highest BCUT2D eigenvalue weighted by molar-refractivity contribution is 5.85. The molecule has 0 bridgehead atoms. The number of anilines is 4. The van der Waals surface area contributed by atoms with Crippen molar-refractivity contribution in [3.8, 4) is 0 Å². The lowest BCUT2D eigenvalue weighted by molar-refractivity contribution is 0.866. The summed E-state index contributed by atoms with van der Waals surface area (Å²) in [6, 6.07) is 16.0. The summed E-state index contributed by atoms with van der Waals surface area (Å²) in [5.74, 6) is 0. The van der Waals surface area contributed by atoms with Crippen LogP contribution in [0.5, 0.6) is 0 Å². The zero-order valence-electron chi connectivity index (χ0n) is 16.3. The van der Waals surface area contributed by atoms with Gasteiger partial charge in [0.1, 0.15) is 0 Å². The van der Waals surface area contributed by atoms with E-state index in [-0.39, 0.29) is 24.8 Å². The molecule has 0 spiro atoms. The Kier molecular flexibility index (Phi) is 14.6. The standard InChI is InChI=1S/2C10H16N2.2ClH/c2*1-3-12(4-2)10-7-5-9(11)6-8-10;;/h2*5-8H,3-4,11H2,1-2H3;2*1H. The summed E-state index contributed by atoms with van der Waals surface area (Å²) >= 11 is 0. The van der Waals surface area contributed by atoms with Crippen molar-refractivity contribution in [3.05, 3.63) is 48.5 Å². The Balaban J connectivity index is 0. The number of nitrogens with two attached hydrogens (primary N) is 2. The molecule has 0 amide bonds. The average Bonchev–Trinajstić information content (AvgIpc) is 2.61. The molecule has 0 saturated heterocycles. The van der Waals surface area contributed by atoms with Crippen LogP contribution in [0.4, 0.5) is 22.7 Å². The fourth-order valence-corrected chi connectivity index (χ4v) is 2.55. The first kappa shape index (κ1) is 26.4. The maximum atomic E-state index is 5.59. The molecule has 6 heteroatoms. The van der Waals surface area contributed by atoms with E-state index in [2.05, 4.69) is 61.8 Å². The summed E-state index contributed by atoms with van der Waals surface area (Å²) in [4.78, 5) is 4.58. The Morgan fingerprint density at radius 1 is 0.538 bits per heavy atom. The van der Waals surface area contributed by atoms with Gasteiger partial charge in [0.25, 0.3) is 0 Å². The molecule has 0 aromatic heterocycles. The molecule has 2 rings (SSSR count). The van der Waals surface area contributed by atoms with Crippen LogP contribution >= 0.6 is 24.8 Å². The van der Waals surface area contributed by atoms with Crippen molar-refractivity contribution in [2.24, 2.45) is 0 Å². The molecule has 2 aromatic rings. The molecule has 0 unspecified atom stereocenters. The van der Waals surface area contributed by atoms with E-state index in [9.17, 15) is 0 Å². The Labute approximate surface area is 171 Å². The van der Waals surface area contributed by atoms with Crippen LogP contribution in [0, 0.1) is 0 Å². The molecule has 2 aromatic carbocycles. The lowest BCUT2D eigenvalue weighted by Gasteiger charge is -2.20. The summed E-state index contributed by atoms with van der Waals surface area (Å²) in [5.41, 5.74) is 15.3. The van der Waals surface area contributed by atoms with Gasteiger partial charge in [-0.3, -0.25) is 0 Å². The fraction of sp³-hybridized carbons (Fsp3) is 0.400. The van der Waals surface area contributed by atoms with E-state index in [4.69, 9.17) is 11.5 Å². The predicted octanol–water partition coefficient (Wildman–Crippen LogP) is 5.07. The minimum absolute atomic E-state index is 0. The molecular weight excluding hydrogens is 367 g/mol. The second-order valence-electron chi connectivity index (χ2n) is 5.53. The van der Waals surface area contributed by atoms with E-state index in [1.54, 1.807) is 0 Å². The lowest BCUT2D eigenvalue weighted by atomic mass is 10.2. The van der Waals surface area contributed by atoms with Gasteiger partial charge in [0, 0.05) is 48.9 Å². The maximum absolute atomic E-state index is 5.59. The number of halogens is 2. The zero-order chi connectivity index (χ0) is 17.9. The number of hydrogen-bond acceptors (Lipinski definition) is 4. The Bertz CT molecular complexity index is 512. The van der Waals surface area contributed by atoms with E-state index in [1.165, 1.54) is 11.4 Å². The Morgan fingerprint density at radius 2 is 0.769 bits per heavy atom. The molecule has 0 radical (unpaired) electrons. The van der Waals surface area contributed by atoms with Crippen LogP contribution in [0.15, 0.2) is 48.5 Å². The highest BCUT2D eigenvalue weighted by Gasteiger charge is 2.00. The van der Waals surface area contributed by atoms with Gasteiger partial charge in [0.15, 0.2) is 0 Å². The SMILES string of the molecule is CCN(CC)c1ccc(N)cc1.CCN(CC)c1ccc(N)cc1.Cl.Cl. The first-order valence-electron chi connectivity index (χ1n) is 8.76. The van der Waals surface area contributed by atoms with Crippen molar-refractivity contribution in [2.75, 3.05) is 47.4 Å². The predicted molar refractivity (Wildman–Crippen MR) is 123 cm³/mol. The molecule has 4 nitrogen and oxygen atoms in total. The second kappa shape index (κ2) is 14.4. The summed E-state index contributed by atoms with van der Waals surface area (Å²) < 4.78 is 0. The van der Waals surface area contributed by atoms with Gasteiger partial charge in [-0.05, 0) is 76.2 Å². The third kappa shape index (κ3) is 8.54. The number of benzene rings is 2. The molecule has 26 heavy (non-hydrogen) atoms. The molecule has 0 heterocycles. The van der Waals surface area contributed by atoms with Gasteiger partial charge in [0.05, 0.1) is 0 Å². The topological polar surface area (TPSA) is 58.5 Å². The largest absolute Gasteiger partial charge is 0.399 e. The summed E-state index contributed by atoms with van der Waals surface area (Å²) in [6.07, 6.45) is 0. The van der Waals surface area contributed by atoms with Gasteiger partial charge >= 0.3 is 0 Å². The van der Waals surface area contributed by atoms with Crippen LogP contribution in [-0.4, -0.2) is 26.2 Å². The van der Waals surface area contributed by atoms with E-state index in [1.807, 2.05) is 24.3 Å². The monoisotopic (exact) mass is 400 g/mol. The van der Waals surface area contributed by atoms with Gasteiger partial charge in [-0.15, -0.1) is 24.8 Å². The first-order chi connectivity index (χ1) is 11.5. The lowest BCUT2D eigenvalue weighted by Crippen LogP contribution is -2.21.